The smallest absolute Gasteiger partial charge is 0.0121 e. The van der Waals surface area contributed by atoms with Gasteiger partial charge in [0.15, 0.2) is 0 Å². The SMILES string of the molecule is BrC1=CC2C3C=CC1C32. The summed E-state index contributed by atoms with van der Waals surface area (Å²) in [6, 6.07) is 0. The lowest BCUT2D eigenvalue weighted by Gasteiger charge is -2.00. The zero-order chi connectivity index (χ0) is 6.01. The van der Waals surface area contributed by atoms with Crippen LogP contribution < -0.4 is 0 Å². The van der Waals surface area contributed by atoms with Crippen LogP contribution in [0.4, 0.5) is 0 Å². The molecule has 3 aliphatic carbocycles. The van der Waals surface area contributed by atoms with Crippen molar-refractivity contribution >= 4 is 15.9 Å². The molecule has 0 nitrogen and oxygen atoms in total. The summed E-state index contributed by atoms with van der Waals surface area (Å²) in [4.78, 5) is 0. The number of fused-ring (bicyclic) bond motifs is 1. The van der Waals surface area contributed by atoms with Crippen LogP contribution in [0.25, 0.3) is 0 Å². The van der Waals surface area contributed by atoms with Gasteiger partial charge in [-0.15, -0.1) is 0 Å². The van der Waals surface area contributed by atoms with Gasteiger partial charge >= 0.3 is 0 Å². The fourth-order valence-corrected chi connectivity index (χ4v) is 3.05. The summed E-state index contributed by atoms with van der Waals surface area (Å²) in [7, 11) is 0. The molecule has 1 saturated carbocycles. The number of allylic oxidation sites excluding steroid dienone is 4. The molecule has 3 rings (SSSR count). The highest BCUT2D eigenvalue weighted by Gasteiger charge is 2.58. The summed E-state index contributed by atoms with van der Waals surface area (Å²) in [5, 5.41) is 0. The van der Waals surface area contributed by atoms with Gasteiger partial charge in [-0.05, 0) is 22.2 Å². The molecule has 0 amide bonds. The fraction of sp³-hybridized carbons (Fsp3) is 0.500. The Morgan fingerprint density at radius 3 is 2.78 bits per heavy atom. The van der Waals surface area contributed by atoms with Crippen LogP contribution in [0.5, 0.6) is 0 Å². The first-order valence-electron chi connectivity index (χ1n) is 3.43. The van der Waals surface area contributed by atoms with E-state index in [1.807, 2.05) is 0 Å². The molecule has 1 heteroatoms. The predicted octanol–water partition coefficient (Wildman–Crippen LogP) is 2.33. The minimum atomic E-state index is 0.778. The van der Waals surface area contributed by atoms with E-state index in [-0.39, 0.29) is 0 Å². The third-order valence-corrected chi connectivity index (χ3v) is 3.61. The first kappa shape index (κ1) is 4.73. The molecule has 0 spiro atoms. The number of halogens is 1. The molecule has 0 aromatic heterocycles. The van der Waals surface area contributed by atoms with Gasteiger partial charge in [0.1, 0.15) is 0 Å². The van der Waals surface area contributed by atoms with Crippen molar-refractivity contribution in [3.63, 3.8) is 0 Å². The minimum Gasteiger partial charge on any atom is -0.0838 e. The molecule has 4 atom stereocenters. The van der Waals surface area contributed by atoms with Crippen molar-refractivity contribution in [1.29, 1.82) is 0 Å². The normalized spacial score (nSPS) is 57.7. The maximum atomic E-state index is 3.57. The van der Waals surface area contributed by atoms with Crippen LogP contribution in [0.2, 0.25) is 0 Å². The van der Waals surface area contributed by atoms with Crippen LogP contribution >= 0.6 is 15.9 Å². The predicted molar refractivity (Wildman–Crippen MR) is 40.1 cm³/mol. The van der Waals surface area contributed by atoms with E-state index in [4.69, 9.17) is 0 Å². The molecule has 0 aromatic carbocycles. The Bertz CT molecular complexity index is 227. The minimum absolute atomic E-state index is 0.778. The van der Waals surface area contributed by atoms with Gasteiger partial charge in [0.25, 0.3) is 0 Å². The van der Waals surface area contributed by atoms with Gasteiger partial charge in [0, 0.05) is 5.92 Å². The fourth-order valence-electron chi connectivity index (χ4n) is 2.29. The highest BCUT2D eigenvalue weighted by molar-refractivity contribution is 9.11. The van der Waals surface area contributed by atoms with Crippen LogP contribution in [-0.2, 0) is 0 Å². The van der Waals surface area contributed by atoms with Crippen LogP contribution in [0.1, 0.15) is 0 Å². The molecule has 1 fully saturated rings. The molecule has 4 unspecified atom stereocenters. The van der Waals surface area contributed by atoms with E-state index >= 15 is 0 Å². The van der Waals surface area contributed by atoms with E-state index in [0.717, 1.165) is 23.7 Å². The van der Waals surface area contributed by atoms with Gasteiger partial charge in [-0.25, -0.2) is 0 Å². The van der Waals surface area contributed by atoms with E-state index in [9.17, 15) is 0 Å². The van der Waals surface area contributed by atoms with Crippen LogP contribution in [0.15, 0.2) is 22.7 Å². The van der Waals surface area contributed by atoms with Gasteiger partial charge in [-0.3, -0.25) is 0 Å². The molecule has 3 aliphatic rings. The molecule has 0 heterocycles. The third kappa shape index (κ3) is 0.389. The van der Waals surface area contributed by atoms with Crippen LogP contribution in [-0.4, -0.2) is 0 Å². The molecular formula is C8H7Br. The molecule has 0 radical (unpaired) electrons. The summed E-state index contributed by atoms with van der Waals surface area (Å²) in [5.41, 5.74) is 0. The van der Waals surface area contributed by atoms with Gasteiger partial charge < -0.3 is 0 Å². The van der Waals surface area contributed by atoms with Gasteiger partial charge in [0.05, 0.1) is 0 Å². The van der Waals surface area contributed by atoms with Gasteiger partial charge in [-0.2, -0.15) is 0 Å². The van der Waals surface area contributed by atoms with Crippen LogP contribution in [0.3, 0.4) is 0 Å². The number of rotatable bonds is 0. The summed E-state index contributed by atoms with van der Waals surface area (Å²) in [5.74, 6) is 3.63. The van der Waals surface area contributed by atoms with Gasteiger partial charge in [-0.1, -0.05) is 34.2 Å². The van der Waals surface area contributed by atoms with Crippen molar-refractivity contribution in [2.24, 2.45) is 23.7 Å². The standard InChI is InChI=1S/C8H7Br/c9-7-3-6-4-1-2-5(7)8(4)6/h1-6,8H. The summed E-state index contributed by atoms with van der Waals surface area (Å²) in [6.07, 6.45) is 7.12. The van der Waals surface area contributed by atoms with Crippen molar-refractivity contribution in [2.75, 3.05) is 0 Å². The second-order valence-electron chi connectivity index (χ2n) is 3.19. The van der Waals surface area contributed by atoms with E-state index < -0.39 is 0 Å². The molecule has 9 heavy (non-hydrogen) atoms. The Balaban J connectivity index is 2.16. The highest BCUT2D eigenvalue weighted by atomic mass is 79.9. The molecule has 0 aliphatic heterocycles. The third-order valence-electron chi connectivity index (χ3n) is 2.82. The van der Waals surface area contributed by atoms with Crippen LogP contribution in [0, 0.1) is 23.7 Å². The Morgan fingerprint density at radius 1 is 1.22 bits per heavy atom. The van der Waals surface area contributed by atoms with Crippen molar-refractivity contribution in [1.82, 2.24) is 0 Å². The average Bonchev–Trinajstić information content (AvgIpc) is 2.30. The van der Waals surface area contributed by atoms with Crippen molar-refractivity contribution < 1.29 is 0 Å². The summed E-state index contributed by atoms with van der Waals surface area (Å²) in [6.45, 7) is 0. The largest absolute Gasteiger partial charge is 0.0838 e. The molecule has 0 aromatic rings. The van der Waals surface area contributed by atoms with E-state index in [2.05, 4.69) is 34.2 Å². The lowest BCUT2D eigenvalue weighted by Crippen LogP contribution is -1.91. The highest BCUT2D eigenvalue weighted by Crippen LogP contribution is 2.65. The van der Waals surface area contributed by atoms with Crippen molar-refractivity contribution in [3.05, 3.63) is 22.7 Å². The molecule has 46 valence electrons. The lowest BCUT2D eigenvalue weighted by atomic mass is 10.1. The number of hydrogen-bond donors (Lipinski definition) is 0. The monoisotopic (exact) mass is 182 g/mol. The Morgan fingerprint density at radius 2 is 2.11 bits per heavy atom. The molecule has 0 saturated heterocycles. The molecule has 0 N–H and O–H groups in total. The first-order valence-corrected chi connectivity index (χ1v) is 4.23. The average molecular weight is 183 g/mol. The lowest BCUT2D eigenvalue weighted by molar-refractivity contribution is 0.699. The van der Waals surface area contributed by atoms with E-state index in [1.165, 1.54) is 4.48 Å². The quantitative estimate of drug-likeness (QED) is 0.505. The van der Waals surface area contributed by atoms with Crippen molar-refractivity contribution in [2.45, 2.75) is 0 Å². The van der Waals surface area contributed by atoms with Crippen molar-refractivity contribution in [3.8, 4) is 0 Å². The van der Waals surface area contributed by atoms with E-state index in [0.29, 0.717) is 0 Å². The van der Waals surface area contributed by atoms with Gasteiger partial charge in [0.2, 0.25) is 0 Å². The molecular weight excluding hydrogens is 176 g/mol. The van der Waals surface area contributed by atoms with E-state index in [1.54, 1.807) is 0 Å². The Labute approximate surface area is 62.8 Å². The second kappa shape index (κ2) is 1.20. The maximum Gasteiger partial charge on any atom is 0.0121 e. The Kier molecular flexibility index (Phi) is 0.628. The maximum absolute atomic E-state index is 3.57. The summed E-state index contributed by atoms with van der Waals surface area (Å²) < 4.78 is 1.43. The molecule has 0 bridgehead atoms. The topological polar surface area (TPSA) is 0 Å². The summed E-state index contributed by atoms with van der Waals surface area (Å²) >= 11 is 3.57. The zero-order valence-corrected chi connectivity index (χ0v) is 6.51. The zero-order valence-electron chi connectivity index (χ0n) is 4.92. The Hall–Kier alpha value is -0.0400. The first-order chi connectivity index (χ1) is 4.38. The number of hydrogen-bond acceptors (Lipinski definition) is 0. The second-order valence-corrected chi connectivity index (χ2v) is 4.11.